The van der Waals surface area contributed by atoms with Gasteiger partial charge in [-0.25, -0.2) is 4.68 Å². The van der Waals surface area contributed by atoms with E-state index in [4.69, 9.17) is 14.6 Å². The topological polar surface area (TPSA) is 75.6 Å². The number of aromatic amines is 1. The maximum atomic E-state index is 14.4. The van der Waals surface area contributed by atoms with Crippen molar-refractivity contribution in [3.05, 3.63) is 35.0 Å². The molecule has 9 heteroatoms. The molecule has 6 rings (SSSR count). The van der Waals surface area contributed by atoms with Crippen molar-refractivity contribution < 1.29 is 14.3 Å². The molecule has 0 atom stereocenters. The lowest BCUT2D eigenvalue weighted by Crippen LogP contribution is -2.45. The van der Waals surface area contributed by atoms with Crippen LogP contribution in [0.3, 0.4) is 0 Å². The smallest absolute Gasteiger partial charge is 0.237 e. The summed E-state index contributed by atoms with van der Waals surface area (Å²) in [5, 5.41) is 6.29. The van der Waals surface area contributed by atoms with Crippen LogP contribution in [0.5, 0.6) is 0 Å². The van der Waals surface area contributed by atoms with Crippen molar-refractivity contribution in [1.29, 1.82) is 0 Å². The quantitative estimate of drug-likeness (QED) is 0.192. The fourth-order valence-corrected chi connectivity index (χ4v) is 8.26. The van der Waals surface area contributed by atoms with Gasteiger partial charge in [-0.2, -0.15) is 5.10 Å². The number of fused-ring (bicyclic) bond motifs is 6. The van der Waals surface area contributed by atoms with Crippen LogP contribution >= 0.6 is 0 Å². The lowest BCUT2D eigenvalue weighted by molar-refractivity contribution is -0.123. The van der Waals surface area contributed by atoms with E-state index in [0.717, 1.165) is 120 Å². The molecule has 8 nitrogen and oxygen atoms in total. The largest absolute Gasteiger partial charge is 0.379 e. The van der Waals surface area contributed by atoms with E-state index in [1.807, 2.05) is 4.68 Å². The van der Waals surface area contributed by atoms with E-state index in [1.165, 1.54) is 22.1 Å². The van der Waals surface area contributed by atoms with Crippen LogP contribution in [0.25, 0.3) is 22.3 Å². The molecule has 0 saturated carbocycles. The van der Waals surface area contributed by atoms with Crippen molar-refractivity contribution >= 4 is 30.6 Å². The van der Waals surface area contributed by atoms with Crippen LogP contribution in [-0.2, 0) is 39.3 Å². The van der Waals surface area contributed by atoms with Gasteiger partial charge in [0.15, 0.2) is 0 Å². The number of aryl methyl sites for hydroxylation is 2. The van der Waals surface area contributed by atoms with Crippen molar-refractivity contribution in [2.75, 3.05) is 50.9 Å². The molecule has 1 N–H and O–H groups in total. The van der Waals surface area contributed by atoms with Gasteiger partial charge in [-0.15, -0.1) is 0 Å². The summed E-state index contributed by atoms with van der Waals surface area (Å²) < 4.78 is 13.6. The van der Waals surface area contributed by atoms with Gasteiger partial charge in [0.2, 0.25) is 5.91 Å². The van der Waals surface area contributed by atoms with Gasteiger partial charge in [-0.05, 0) is 67.0 Å². The second-order valence-electron chi connectivity index (χ2n) is 14.1. The number of benzene rings is 1. The highest BCUT2D eigenvalue weighted by Gasteiger charge is 2.49. The van der Waals surface area contributed by atoms with Crippen molar-refractivity contribution in [2.45, 2.75) is 96.6 Å². The Morgan fingerprint density at radius 2 is 1.84 bits per heavy atom. The fraction of sp³-hybridized carbons (Fsp3) is 0.647. The Balaban J connectivity index is 1.36. The number of nitrogens with zero attached hydrogens (tertiary/aromatic N) is 4. The second kappa shape index (κ2) is 12.5. The van der Waals surface area contributed by atoms with Crippen LogP contribution in [-0.4, -0.2) is 79.6 Å². The van der Waals surface area contributed by atoms with E-state index in [-0.39, 0.29) is 0 Å². The summed E-state index contributed by atoms with van der Waals surface area (Å²) in [6, 6.07) is 5.83. The molecule has 0 radical (unpaired) electrons. The minimum atomic E-state index is -1.12. The van der Waals surface area contributed by atoms with Crippen LogP contribution in [0.1, 0.15) is 62.6 Å². The Labute approximate surface area is 258 Å². The zero-order chi connectivity index (χ0) is 30.2. The number of carbonyl (C=O) groups is 1. The van der Waals surface area contributed by atoms with E-state index < -0.39 is 13.5 Å². The standard InChI is InChI=1S/C34H51N5O3Si/c1-6-11-34(12-7-2)28-22-29-27(21-30(28)39(33(34)40)14-13-37-15-17-41-18-16-37)26-10-8-9-25-23-38(36-31(25)32(26)35-29)24-42-19-20-43(3,4)5/h21-23,35H,6-20,24H2,1-5H3. The SMILES string of the molecule is CCCC1(CCC)C(=O)N(CCN2CCOCC2)c2cc3c4c([nH]c3cc21)-c1nn(COCC[Si](C)(C)C)cc1CCC4. The first-order valence-corrected chi connectivity index (χ1v) is 20.4. The predicted molar refractivity (Wildman–Crippen MR) is 177 cm³/mol. The van der Waals surface area contributed by atoms with Crippen LogP contribution in [0.15, 0.2) is 18.3 Å². The summed E-state index contributed by atoms with van der Waals surface area (Å²) >= 11 is 0. The van der Waals surface area contributed by atoms with Gasteiger partial charge in [0.25, 0.3) is 0 Å². The molecule has 4 heterocycles. The number of amides is 1. The average Bonchev–Trinajstić information content (AvgIpc) is 3.57. The third kappa shape index (κ3) is 5.98. The number of carbonyl (C=O) groups excluding carboxylic acids is 1. The third-order valence-electron chi connectivity index (χ3n) is 9.75. The van der Waals surface area contributed by atoms with Crippen LogP contribution < -0.4 is 4.90 Å². The first-order chi connectivity index (χ1) is 20.7. The number of morpholine rings is 1. The summed E-state index contributed by atoms with van der Waals surface area (Å²) in [5.74, 6) is 0.299. The number of ether oxygens (including phenoxy) is 2. The lowest BCUT2D eigenvalue weighted by atomic mass is 9.74. The normalized spacial score (nSPS) is 18.6. The summed E-state index contributed by atoms with van der Waals surface area (Å²) in [7, 11) is -1.12. The Hall–Kier alpha value is -2.46. The van der Waals surface area contributed by atoms with Gasteiger partial charge in [-0.3, -0.25) is 9.69 Å². The molecule has 1 fully saturated rings. The molecular weight excluding hydrogens is 554 g/mol. The summed E-state index contributed by atoms with van der Waals surface area (Å²) in [5.41, 5.74) is 7.87. The predicted octanol–water partition coefficient (Wildman–Crippen LogP) is 6.35. The maximum Gasteiger partial charge on any atom is 0.237 e. The summed E-state index contributed by atoms with van der Waals surface area (Å²) in [6.45, 7) is 17.9. The maximum absolute atomic E-state index is 14.4. The Morgan fingerprint density at radius 1 is 1.07 bits per heavy atom. The molecule has 2 aliphatic heterocycles. The fourth-order valence-electron chi connectivity index (χ4n) is 7.50. The molecular formula is C34H51N5O3Si. The number of hydrogen-bond acceptors (Lipinski definition) is 5. The molecule has 1 aliphatic carbocycles. The molecule has 3 aromatic rings. The van der Waals surface area contributed by atoms with Crippen molar-refractivity contribution in [1.82, 2.24) is 19.7 Å². The van der Waals surface area contributed by atoms with E-state index in [2.05, 4.69) is 66.6 Å². The molecule has 1 amide bonds. The minimum absolute atomic E-state index is 0.299. The molecule has 1 aromatic carbocycles. The van der Waals surface area contributed by atoms with Gasteiger partial charge in [-0.1, -0.05) is 46.3 Å². The van der Waals surface area contributed by atoms with Crippen molar-refractivity contribution in [3.8, 4) is 11.4 Å². The van der Waals surface area contributed by atoms with Gasteiger partial charge >= 0.3 is 0 Å². The number of rotatable bonds is 12. The number of aromatic nitrogens is 3. The molecule has 3 aliphatic rings. The molecule has 43 heavy (non-hydrogen) atoms. The van der Waals surface area contributed by atoms with Crippen molar-refractivity contribution in [3.63, 3.8) is 0 Å². The van der Waals surface area contributed by atoms with Crippen LogP contribution in [0.4, 0.5) is 5.69 Å². The van der Waals surface area contributed by atoms with E-state index in [0.29, 0.717) is 12.6 Å². The average molecular weight is 606 g/mol. The van der Waals surface area contributed by atoms with Gasteiger partial charge in [0.1, 0.15) is 12.4 Å². The number of H-pyrrole nitrogens is 1. The zero-order valence-corrected chi connectivity index (χ0v) is 28.1. The number of hydrogen-bond donors (Lipinski definition) is 1. The monoisotopic (exact) mass is 605 g/mol. The molecule has 0 bridgehead atoms. The lowest BCUT2D eigenvalue weighted by Gasteiger charge is -2.30. The summed E-state index contributed by atoms with van der Waals surface area (Å²) in [4.78, 5) is 22.7. The van der Waals surface area contributed by atoms with Crippen LogP contribution in [0.2, 0.25) is 25.7 Å². The number of nitrogens with one attached hydrogen (secondary N) is 1. The van der Waals surface area contributed by atoms with Crippen molar-refractivity contribution in [2.24, 2.45) is 0 Å². The van der Waals surface area contributed by atoms with Gasteiger partial charge in [0.05, 0.1) is 24.3 Å². The zero-order valence-electron chi connectivity index (χ0n) is 27.1. The van der Waals surface area contributed by atoms with E-state index in [1.54, 1.807) is 0 Å². The van der Waals surface area contributed by atoms with Gasteiger partial charge in [0, 0.05) is 63.6 Å². The second-order valence-corrected chi connectivity index (χ2v) is 19.8. The minimum Gasteiger partial charge on any atom is -0.379 e. The Bertz CT molecular complexity index is 1440. The molecule has 0 spiro atoms. The first kappa shape index (κ1) is 30.6. The summed E-state index contributed by atoms with van der Waals surface area (Å²) in [6.07, 6.45) is 9.04. The van der Waals surface area contributed by atoms with E-state index in [9.17, 15) is 4.79 Å². The molecule has 234 valence electrons. The highest BCUT2D eigenvalue weighted by Crippen LogP contribution is 2.50. The van der Waals surface area contributed by atoms with E-state index >= 15 is 0 Å². The number of anilines is 1. The van der Waals surface area contributed by atoms with Gasteiger partial charge < -0.3 is 19.4 Å². The Kier molecular flexibility index (Phi) is 8.88. The third-order valence-corrected chi connectivity index (χ3v) is 11.5. The molecule has 0 unspecified atom stereocenters. The molecule has 2 aromatic heterocycles. The first-order valence-electron chi connectivity index (χ1n) is 16.7. The highest BCUT2D eigenvalue weighted by molar-refractivity contribution is 6.76. The van der Waals surface area contributed by atoms with Crippen LogP contribution in [0, 0.1) is 0 Å². The molecule has 1 saturated heterocycles. The Morgan fingerprint density at radius 3 is 2.56 bits per heavy atom. The highest BCUT2D eigenvalue weighted by atomic mass is 28.3.